The number of halogens is 1. The fraction of sp³-hybridized carbons (Fsp3) is 0.429. The molecule has 1 atom stereocenters. The van der Waals surface area contributed by atoms with Crippen molar-refractivity contribution in [3.05, 3.63) is 28.4 Å². The summed E-state index contributed by atoms with van der Waals surface area (Å²) in [6.07, 6.45) is 3.30. The smallest absolute Gasteiger partial charge is 0.138 e. The quantitative estimate of drug-likeness (QED) is 0.859. The topological polar surface area (TPSA) is 40.2 Å². The number of aryl methyl sites for hydroxylation is 1. The molecule has 18 heavy (non-hydrogen) atoms. The van der Waals surface area contributed by atoms with Crippen LogP contribution in [0.4, 0.5) is 0 Å². The Hall–Kier alpha value is -1.19. The van der Waals surface area contributed by atoms with Crippen molar-refractivity contribution in [2.45, 2.75) is 25.3 Å². The van der Waals surface area contributed by atoms with Crippen molar-refractivity contribution >= 4 is 22.5 Å². The molecule has 4 heteroatoms. The van der Waals surface area contributed by atoms with E-state index in [1.54, 1.807) is 7.11 Å². The maximum Gasteiger partial charge on any atom is 0.138 e. The van der Waals surface area contributed by atoms with Gasteiger partial charge in [-0.3, -0.25) is 0 Å². The van der Waals surface area contributed by atoms with E-state index >= 15 is 0 Å². The SMILES string of the molecule is COc1cc2c3c(n(C)c2cc1Cl)CCCC3N. The van der Waals surface area contributed by atoms with Crippen molar-refractivity contribution in [3.63, 3.8) is 0 Å². The van der Waals surface area contributed by atoms with Gasteiger partial charge in [0.1, 0.15) is 5.75 Å². The molecule has 1 aromatic carbocycles. The van der Waals surface area contributed by atoms with Crippen LogP contribution in [0.2, 0.25) is 5.02 Å². The lowest BCUT2D eigenvalue weighted by atomic mass is 9.91. The summed E-state index contributed by atoms with van der Waals surface area (Å²) < 4.78 is 7.52. The lowest BCUT2D eigenvalue weighted by Gasteiger charge is -2.20. The second kappa shape index (κ2) is 4.18. The van der Waals surface area contributed by atoms with Gasteiger partial charge >= 0.3 is 0 Å². The summed E-state index contributed by atoms with van der Waals surface area (Å²) in [7, 11) is 3.73. The molecule has 0 aliphatic heterocycles. The first kappa shape index (κ1) is 11.9. The summed E-state index contributed by atoms with van der Waals surface area (Å²) in [6.45, 7) is 0. The molecule has 96 valence electrons. The molecule has 0 fully saturated rings. The molecule has 0 saturated heterocycles. The number of hydrogen-bond acceptors (Lipinski definition) is 2. The Bertz CT molecular complexity index is 618. The predicted molar refractivity (Wildman–Crippen MR) is 74.3 cm³/mol. The van der Waals surface area contributed by atoms with E-state index in [4.69, 9.17) is 22.1 Å². The van der Waals surface area contributed by atoms with E-state index in [1.165, 1.54) is 16.6 Å². The van der Waals surface area contributed by atoms with Crippen LogP contribution < -0.4 is 10.5 Å². The molecule has 1 heterocycles. The minimum absolute atomic E-state index is 0.128. The van der Waals surface area contributed by atoms with Gasteiger partial charge in [0.25, 0.3) is 0 Å². The summed E-state index contributed by atoms with van der Waals surface area (Å²) in [5, 5.41) is 1.83. The Kier molecular flexibility index (Phi) is 2.76. The molecular formula is C14H17ClN2O. The van der Waals surface area contributed by atoms with E-state index in [2.05, 4.69) is 11.6 Å². The molecule has 0 radical (unpaired) electrons. The maximum atomic E-state index is 6.27. The van der Waals surface area contributed by atoms with Crippen LogP contribution in [-0.4, -0.2) is 11.7 Å². The Morgan fingerprint density at radius 1 is 1.44 bits per heavy atom. The third-order valence-corrected chi connectivity index (χ3v) is 4.23. The molecule has 3 nitrogen and oxygen atoms in total. The second-order valence-electron chi connectivity index (χ2n) is 4.92. The Labute approximate surface area is 111 Å². The average Bonchev–Trinajstić information content (AvgIpc) is 2.63. The molecule has 1 aromatic heterocycles. The lowest BCUT2D eigenvalue weighted by molar-refractivity contribution is 0.415. The monoisotopic (exact) mass is 264 g/mol. The minimum Gasteiger partial charge on any atom is -0.495 e. The number of ether oxygens (including phenoxy) is 1. The van der Waals surface area contributed by atoms with Crippen LogP contribution in [0.5, 0.6) is 5.75 Å². The van der Waals surface area contributed by atoms with Gasteiger partial charge in [0.05, 0.1) is 17.6 Å². The Balaban J connectivity index is 2.37. The van der Waals surface area contributed by atoms with Crippen LogP contribution in [-0.2, 0) is 13.5 Å². The number of nitrogens with zero attached hydrogens (tertiary/aromatic N) is 1. The van der Waals surface area contributed by atoms with E-state index in [-0.39, 0.29) is 6.04 Å². The minimum atomic E-state index is 0.128. The summed E-state index contributed by atoms with van der Waals surface area (Å²) in [5.41, 5.74) is 10.0. The van der Waals surface area contributed by atoms with Crippen LogP contribution in [0.25, 0.3) is 10.9 Å². The number of benzene rings is 1. The number of nitrogens with two attached hydrogens (primary N) is 1. The first-order valence-corrected chi connectivity index (χ1v) is 6.61. The lowest BCUT2D eigenvalue weighted by Crippen LogP contribution is -2.17. The summed E-state index contributed by atoms with van der Waals surface area (Å²) >= 11 is 6.21. The van der Waals surface area contributed by atoms with Gasteiger partial charge in [0.2, 0.25) is 0 Å². The third-order valence-electron chi connectivity index (χ3n) is 3.94. The van der Waals surface area contributed by atoms with E-state index < -0.39 is 0 Å². The van der Waals surface area contributed by atoms with Crippen molar-refractivity contribution < 1.29 is 4.74 Å². The van der Waals surface area contributed by atoms with Gasteiger partial charge in [-0.05, 0) is 37.0 Å². The highest BCUT2D eigenvalue weighted by molar-refractivity contribution is 6.32. The van der Waals surface area contributed by atoms with Crippen molar-refractivity contribution in [1.29, 1.82) is 0 Å². The first-order chi connectivity index (χ1) is 8.63. The molecule has 0 saturated carbocycles. The van der Waals surface area contributed by atoms with Gasteiger partial charge in [-0.1, -0.05) is 11.6 Å². The van der Waals surface area contributed by atoms with Crippen molar-refractivity contribution in [1.82, 2.24) is 4.57 Å². The van der Waals surface area contributed by atoms with Crippen LogP contribution >= 0.6 is 11.6 Å². The Morgan fingerprint density at radius 3 is 2.94 bits per heavy atom. The summed E-state index contributed by atoms with van der Waals surface area (Å²) in [5.74, 6) is 0.718. The number of aromatic nitrogens is 1. The third kappa shape index (κ3) is 1.54. The van der Waals surface area contributed by atoms with E-state index in [0.717, 1.165) is 30.5 Å². The molecule has 3 rings (SSSR count). The van der Waals surface area contributed by atoms with Gasteiger partial charge < -0.3 is 15.0 Å². The zero-order chi connectivity index (χ0) is 12.9. The average molecular weight is 265 g/mol. The van der Waals surface area contributed by atoms with Crippen molar-refractivity contribution in [2.75, 3.05) is 7.11 Å². The molecule has 0 spiro atoms. The van der Waals surface area contributed by atoms with Gasteiger partial charge in [-0.2, -0.15) is 0 Å². The number of methoxy groups -OCH3 is 1. The van der Waals surface area contributed by atoms with Gasteiger partial charge in [-0.15, -0.1) is 0 Å². The van der Waals surface area contributed by atoms with Crippen LogP contribution in [0.15, 0.2) is 12.1 Å². The number of rotatable bonds is 1. The van der Waals surface area contributed by atoms with E-state index in [0.29, 0.717) is 5.02 Å². The molecule has 1 aliphatic rings. The zero-order valence-corrected chi connectivity index (χ0v) is 11.4. The van der Waals surface area contributed by atoms with Gasteiger partial charge in [0.15, 0.2) is 0 Å². The predicted octanol–water partition coefficient (Wildman–Crippen LogP) is 3.18. The van der Waals surface area contributed by atoms with Crippen LogP contribution in [0.1, 0.15) is 30.1 Å². The second-order valence-corrected chi connectivity index (χ2v) is 5.33. The van der Waals surface area contributed by atoms with E-state index in [1.807, 2.05) is 12.1 Å². The molecule has 1 unspecified atom stereocenters. The molecule has 2 aromatic rings. The van der Waals surface area contributed by atoms with Crippen LogP contribution in [0, 0.1) is 0 Å². The zero-order valence-electron chi connectivity index (χ0n) is 10.7. The van der Waals surface area contributed by atoms with Crippen LogP contribution in [0.3, 0.4) is 0 Å². The summed E-state index contributed by atoms with van der Waals surface area (Å²) in [6, 6.07) is 4.12. The standard InChI is InChI=1S/C14H17ClN2O/c1-17-11-5-3-4-10(16)14(11)8-6-13(18-2)9(15)7-12(8)17/h6-7,10H,3-5,16H2,1-2H3. The number of hydrogen-bond donors (Lipinski definition) is 1. The fourth-order valence-corrected chi connectivity index (χ4v) is 3.26. The summed E-state index contributed by atoms with van der Waals surface area (Å²) in [4.78, 5) is 0. The van der Waals surface area contributed by atoms with Gasteiger partial charge in [0, 0.05) is 24.2 Å². The highest BCUT2D eigenvalue weighted by Crippen LogP contribution is 2.39. The normalized spacial score (nSPS) is 19.0. The molecule has 1 aliphatic carbocycles. The Morgan fingerprint density at radius 2 is 2.22 bits per heavy atom. The highest BCUT2D eigenvalue weighted by atomic mass is 35.5. The largest absolute Gasteiger partial charge is 0.495 e. The number of fused-ring (bicyclic) bond motifs is 3. The molecule has 0 amide bonds. The van der Waals surface area contributed by atoms with Gasteiger partial charge in [-0.25, -0.2) is 0 Å². The van der Waals surface area contributed by atoms with E-state index in [9.17, 15) is 0 Å². The molecule has 2 N–H and O–H groups in total. The highest BCUT2D eigenvalue weighted by Gasteiger charge is 2.24. The fourth-order valence-electron chi connectivity index (χ4n) is 3.02. The molecule has 0 bridgehead atoms. The van der Waals surface area contributed by atoms with Crippen molar-refractivity contribution in [3.8, 4) is 5.75 Å². The maximum absolute atomic E-state index is 6.27. The van der Waals surface area contributed by atoms with Crippen molar-refractivity contribution in [2.24, 2.45) is 12.8 Å². The first-order valence-electron chi connectivity index (χ1n) is 6.23. The molecular weight excluding hydrogens is 248 g/mol.